The summed E-state index contributed by atoms with van der Waals surface area (Å²) in [4.78, 5) is 4.68. The second-order valence-corrected chi connectivity index (χ2v) is 5.37. The van der Waals surface area contributed by atoms with E-state index in [0.29, 0.717) is 0 Å². The topological polar surface area (TPSA) is 17.3 Å². The molecule has 3 aromatic rings. The first kappa shape index (κ1) is 11.5. The van der Waals surface area contributed by atoms with Gasteiger partial charge in [0.15, 0.2) is 0 Å². The molecule has 0 aliphatic rings. The van der Waals surface area contributed by atoms with Gasteiger partial charge in [-0.15, -0.1) is 0 Å². The summed E-state index contributed by atoms with van der Waals surface area (Å²) >= 11 is 3.45. The number of aryl methyl sites for hydroxylation is 1. The van der Waals surface area contributed by atoms with Crippen molar-refractivity contribution >= 4 is 21.6 Å². The number of imidazole rings is 1. The third-order valence-corrected chi connectivity index (χ3v) is 3.55. The zero-order valence-electron chi connectivity index (χ0n) is 10.1. The first-order valence-corrected chi connectivity index (χ1v) is 6.69. The van der Waals surface area contributed by atoms with E-state index in [1.807, 2.05) is 12.3 Å². The average molecular weight is 301 g/mol. The van der Waals surface area contributed by atoms with Crippen molar-refractivity contribution in [2.45, 2.75) is 13.3 Å². The molecule has 1 aromatic carbocycles. The Kier molecular flexibility index (Phi) is 2.92. The van der Waals surface area contributed by atoms with E-state index in [2.05, 4.69) is 68.8 Å². The van der Waals surface area contributed by atoms with Crippen molar-refractivity contribution in [2.75, 3.05) is 0 Å². The van der Waals surface area contributed by atoms with Crippen LogP contribution in [-0.4, -0.2) is 9.38 Å². The summed E-state index contributed by atoms with van der Waals surface area (Å²) in [6, 6.07) is 12.5. The summed E-state index contributed by atoms with van der Waals surface area (Å²) in [5.41, 5.74) is 4.63. The monoisotopic (exact) mass is 300 g/mol. The molecule has 0 unspecified atom stereocenters. The fourth-order valence-electron chi connectivity index (χ4n) is 2.10. The Bertz CT molecular complexity index is 683. The molecule has 90 valence electrons. The number of hydrogen-bond acceptors (Lipinski definition) is 1. The molecule has 2 aromatic heterocycles. The van der Waals surface area contributed by atoms with Crippen LogP contribution in [0, 0.1) is 6.92 Å². The molecular weight excluding hydrogens is 288 g/mol. The van der Waals surface area contributed by atoms with Gasteiger partial charge in [-0.1, -0.05) is 34.1 Å². The van der Waals surface area contributed by atoms with Crippen LogP contribution in [0.25, 0.3) is 5.65 Å². The molecular formula is C15H13BrN2. The molecule has 0 bridgehead atoms. The number of aromatic nitrogens is 2. The van der Waals surface area contributed by atoms with Gasteiger partial charge in [-0.25, -0.2) is 4.98 Å². The fourth-order valence-corrected chi connectivity index (χ4v) is 2.37. The normalized spacial score (nSPS) is 11.0. The Morgan fingerprint density at radius 3 is 2.67 bits per heavy atom. The fraction of sp³-hybridized carbons (Fsp3) is 0.133. The molecule has 3 heteroatoms. The van der Waals surface area contributed by atoms with Gasteiger partial charge in [-0.2, -0.15) is 0 Å². The van der Waals surface area contributed by atoms with Gasteiger partial charge in [0, 0.05) is 23.3 Å². The van der Waals surface area contributed by atoms with Gasteiger partial charge in [0.1, 0.15) is 5.65 Å². The number of benzene rings is 1. The number of pyridine rings is 1. The molecule has 3 rings (SSSR count). The van der Waals surface area contributed by atoms with Crippen LogP contribution >= 0.6 is 15.9 Å². The minimum Gasteiger partial charge on any atom is -0.307 e. The van der Waals surface area contributed by atoms with Gasteiger partial charge in [0.25, 0.3) is 0 Å². The molecule has 0 saturated carbocycles. The van der Waals surface area contributed by atoms with Crippen LogP contribution in [0.4, 0.5) is 0 Å². The van der Waals surface area contributed by atoms with Crippen LogP contribution < -0.4 is 0 Å². The minimum absolute atomic E-state index is 0.869. The van der Waals surface area contributed by atoms with Gasteiger partial charge in [-0.3, -0.25) is 0 Å². The predicted octanol–water partition coefficient (Wildman–Crippen LogP) is 4.00. The SMILES string of the molecule is Cc1cccn2cc(Cc3ccc(Br)cc3)nc12. The highest BCUT2D eigenvalue weighted by molar-refractivity contribution is 9.10. The van der Waals surface area contributed by atoms with Crippen LogP contribution in [-0.2, 0) is 6.42 Å². The lowest BCUT2D eigenvalue weighted by molar-refractivity contribution is 1.11. The molecule has 0 N–H and O–H groups in total. The van der Waals surface area contributed by atoms with E-state index in [1.54, 1.807) is 0 Å². The standard InChI is InChI=1S/C15H13BrN2/c1-11-3-2-8-18-10-14(17-15(11)18)9-12-4-6-13(16)7-5-12/h2-8,10H,9H2,1H3. The van der Waals surface area contributed by atoms with Gasteiger partial charge in [0.2, 0.25) is 0 Å². The third kappa shape index (κ3) is 2.18. The maximum atomic E-state index is 4.68. The zero-order valence-corrected chi connectivity index (χ0v) is 11.7. The third-order valence-electron chi connectivity index (χ3n) is 3.03. The van der Waals surface area contributed by atoms with Gasteiger partial charge >= 0.3 is 0 Å². The molecule has 0 aliphatic carbocycles. The van der Waals surface area contributed by atoms with Crippen LogP contribution in [0.15, 0.2) is 53.3 Å². The van der Waals surface area contributed by atoms with E-state index in [-0.39, 0.29) is 0 Å². The summed E-state index contributed by atoms with van der Waals surface area (Å²) in [7, 11) is 0. The summed E-state index contributed by atoms with van der Waals surface area (Å²) < 4.78 is 3.20. The van der Waals surface area contributed by atoms with Crippen molar-refractivity contribution in [3.05, 3.63) is 70.1 Å². The quantitative estimate of drug-likeness (QED) is 0.699. The molecule has 0 spiro atoms. The minimum atomic E-state index is 0.869. The smallest absolute Gasteiger partial charge is 0.139 e. The van der Waals surface area contributed by atoms with Crippen LogP contribution in [0.5, 0.6) is 0 Å². The highest BCUT2D eigenvalue weighted by Gasteiger charge is 2.04. The van der Waals surface area contributed by atoms with Crippen LogP contribution in [0.2, 0.25) is 0 Å². The lowest BCUT2D eigenvalue weighted by Gasteiger charge is -1.97. The van der Waals surface area contributed by atoms with Crippen molar-refractivity contribution in [2.24, 2.45) is 0 Å². The Balaban J connectivity index is 1.95. The maximum Gasteiger partial charge on any atom is 0.139 e. The molecule has 0 saturated heterocycles. The number of nitrogens with zero attached hydrogens (tertiary/aromatic N) is 2. The molecule has 0 aliphatic heterocycles. The molecule has 0 radical (unpaired) electrons. The Hall–Kier alpha value is -1.61. The highest BCUT2D eigenvalue weighted by atomic mass is 79.9. The molecule has 2 heterocycles. The second kappa shape index (κ2) is 4.58. The molecule has 0 atom stereocenters. The Labute approximate surface area is 114 Å². The summed E-state index contributed by atoms with van der Waals surface area (Å²) in [6.07, 6.45) is 5.01. The maximum absolute atomic E-state index is 4.68. The van der Waals surface area contributed by atoms with Gasteiger partial charge < -0.3 is 4.40 Å². The van der Waals surface area contributed by atoms with Crippen molar-refractivity contribution in [3.63, 3.8) is 0 Å². The highest BCUT2D eigenvalue weighted by Crippen LogP contribution is 2.15. The number of hydrogen-bond donors (Lipinski definition) is 0. The first-order valence-electron chi connectivity index (χ1n) is 5.90. The number of halogens is 1. The van der Waals surface area contributed by atoms with E-state index in [1.165, 1.54) is 11.1 Å². The molecule has 0 fully saturated rings. The van der Waals surface area contributed by atoms with Gasteiger partial charge in [-0.05, 0) is 36.2 Å². The van der Waals surface area contributed by atoms with Gasteiger partial charge in [0.05, 0.1) is 5.69 Å². The number of rotatable bonds is 2. The largest absolute Gasteiger partial charge is 0.307 e. The van der Waals surface area contributed by atoms with Crippen molar-refractivity contribution in [3.8, 4) is 0 Å². The molecule has 18 heavy (non-hydrogen) atoms. The van der Waals surface area contributed by atoms with Crippen LogP contribution in [0.1, 0.15) is 16.8 Å². The molecule has 0 amide bonds. The summed E-state index contributed by atoms with van der Waals surface area (Å²) in [5, 5.41) is 0. The lowest BCUT2D eigenvalue weighted by Crippen LogP contribution is -1.87. The second-order valence-electron chi connectivity index (χ2n) is 4.46. The van der Waals surface area contributed by atoms with E-state index >= 15 is 0 Å². The lowest BCUT2D eigenvalue weighted by atomic mass is 10.1. The molecule has 2 nitrogen and oxygen atoms in total. The Morgan fingerprint density at radius 2 is 1.94 bits per heavy atom. The van der Waals surface area contributed by atoms with Crippen molar-refractivity contribution < 1.29 is 0 Å². The first-order chi connectivity index (χ1) is 8.72. The summed E-state index contributed by atoms with van der Waals surface area (Å²) in [5.74, 6) is 0. The summed E-state index contributed by atoms with van der Waals surface area (Å²) in [6.45, 7) is 2.09. The van der Waals surface area contributed by atoms with E-state index in [4.69, 9.17) is 0 Å². The predicted molar refractivity (Wildman–Crippen MR) is 76.9 cm³/mol. The van der Waals surface area contributed by atoms with E-state index in [0.717, 1.165) is 22.2 Å². The Morgan fingerprint density at radius 1 is 1.17 bits per heavy atom. The van der Waals surface area contributed by atoms with Crippen molar-refractivity contribution in [1.82, 2.24) is 9.38 Å². The van der Waals surface area contributed by atoms with E-state index in [9.17, 15) is 0 Å². The number of fused-ring (bicyclic) bond motifs is 1. The van der Waals surface area contributed by atoms with E-state index < -0.39 is 0 Å². The average Bonchev–Trinajstić information content (AvgIpc) is 2.76. The van der Waals surface area contributed by atoms with Crippen molar-refractivity contribution in [1.29, 1.82) is 0 Å². The van der Waals surface area contributed by atoms with Crippen LogP contribution in [0.3, 0.4) is 0 Å². The zero-order chi connectivity index (χ0) is 12.5.